The van der Waals surface area contributed by atoms with E-state index in [9.17, 15) is 10.2 Å². The minimum atomic E-state index is -1.27. The SMILES string of the molecule is CC(C)(C)OC(O)NCCOCCC(O)OC1=CC(CCC(O)O)CC1. The van der Waals surface area contributed by atoms with Gasteiger partial charge in [-0.2, -0.15) is 0 Å². The Bertz CT molecular complexity index is 409. The smallest absolute Gasteiger partial charge is 0.214 e. The van der Waals surface area contributed by atoms with Crippen molar-refractivity contribution in [2.24, 2.45) is 5.92 Å². The summed E-state index contributed by atoms with van der Waals surface area (Å²) in [5.74, 6) is 1.02. The van der Waals surface area contributed by atoms with Crippen LogP contribution in [0.2, 0.25) is 0 Å². The first kappa shape index (κ1) is 23.3. The fourth-order valence-electron chi connectivity index (χ4n) is 2.60. The van der Waals surface area contributed by atoms with Crippen LogP contribution in [0.15, 0.2) is 11.8 Å². The highest BCUT2D eigenvalue weighted by molar-refractivity contribution is 5.04. The lowest BCUT2D eigenvalue weighted by Gasteiger charge is -2.24. The Hall–Kier alpha value is -0.740. The van der Waals surface area contributed by atoms with Crippen LogP contribution in [0.1, 0.15) is 52.9 Å². The lowest BCUT2D eigenvalue weighted by molar-refractivity contribution is -0.182. The van der Waals surface area contributed by atoms with Gasteiger partial charge in [-0.1, -0.05) is 0 Å². The van der Waals surface area contributed by atoms with E-state index in [1.807, 2.05) is 26.8 Å². The molecular weight excluding hydrogens is 342 g/mol. The van der Waals surface area contributed by atoms with Gasteiger partial charge in [-0.3, -0.25) is 5.32 Å². The summed E-state index contributed by atoms with van der Waals surface area (Å²) in [5.41, 5.74) is -0.430. The molecule has 0 saturated carbocycles. The Morgan fingerprint density at radius 3 is 2.54 bits per heavy atom. The highest BCUT2D eigenvalue weighted by atomic mass is 16.6. The van der Waals surface area contributed by atoms with Crippen LogP contribution in [0.5, 0.6) is 0 Å². The Balaban J connectivity index is 2.05. The number of nitrogens with one attached hydrogen (secondary N) is 1. The predicted molar refractivity (Wildman–Crippen MR) is 95.6 cm³/mol. The maximum atomic E-state index is 9.89. The molecule has 8 heteroatoms. The number of ether oxygens (including phenoxy) is 3. The van der Waals surface area contributed by atoms with E-state index in [-0.39, 0.29) is 5.92 Å². The molecule has 0 radical (unpaired) electrons. The van der Waals surface area contributed by atoms with Gasteiger partial charge in [0.15, 0.2) is 12.6 Å². The molecule has 0 aromatic carbocycles. The van der Waals surface area contributed by atoms with Crippen molar-refractivity contribution < 1.29 is 34.6 Å². The van der Waals surface area contributed by atoms with Crippen molar-refractivity contribution in [2.75, 3.05) is 19.8 Å². The molecule has 1 rings (SSSR count). The average molecular weight is 377 g/mol. The second-order valence-corrected chi connectivity index (χ2v) is 7.50. The van der Waals surface area contributed by atoms with Gasteiger partial charge < -0.3 is 34.6 Å². The molecule has 0 bridgehead atoms. The van der Waals surface area contributed by atoms with Crippen LogP contribution in [0.3, 0.4) is 0 Å². The Morgan fingerprint density at radius 1 is 1.15 bits per heavy atom. The second-order valence-electron chi connectivity index (χ2n) is 7.50. The summed E-state index contributed by atoms with van der Waals surface area (Å²) in [6.07, 6.45) is 1.75. The molecule has 0 aromatic heterocycles. The van der Waals surface area contributed by atoms with E-state index >= 15 is 0 Å². The topological polar surface area (TPSA) is 121 Å². The molecule has 0 spiro atoms. The first-order valence-corrected chi connectivity index (χ1v) is 9.24. The van der Waals surface area contributed by atoms with E-state index in [2.05, 4.69) is 5.32 Å². The quantitative estimate of drug-likeness (QED) is 0.236. The summed E-state index contributed by atoms with van der Waals surface area (Å²) in [7, 11) is 0. The summed E-state index contributed by atoms with van der Waals surface area (Å²) < 4.78 is 16.2. The number of aliphatic hydroxyl groups excluding tert-OH is 3. The molecule has 0 saturated heterocycles. The Labute approximate surface area is 155 Å². The van der Waals surface area contributed by atoms with E-state index < -0.39 is 24.6 Å². The van der Waals surface area contributed by atoms with Gasteiger partial charge >= 0.3 is 0 Å². The molecular formula is C18H35NO7. The maximum Gasteiger partial charge on any atom is 0.214 e. The number of hydrogen-bond donors (Lipinski definition) is 5. The molecule has 0 fully saturated rings. The van der Waals surface area contributed by atoms with Crippen LogP contribution in [0.25, 0.3) is 0 Å². The summed E-state index contributed by atoms with van der Waals surface area (Å²) in [4.78, 5) is 0. The first-order valence-electron chi connectivity index (χ1n) is 9.24. The van der Waals surface area contributed by atoms with Gasteiger partial charge in [0.05, 0.1) is 24.6 Å². The highest BCUT2D eigenvalue weighted by Gasteiger charge is 2.20. The number of rotatable bonds is 13. The molecule has 3 atom stereocenters. The number of allylic oxidation sites excluding steroid dienone is 2. The van der Waals surface area contributed by atoms with Crippen molar-refractivity contribution in [3.63, 3.8) is 0 Å². The van der Waals surface area contributed by atoms with Gasteiger partial charge in [-0.05, 0) is 52.0 Å². The lowest BCUT2D eigenvalue weighted by atomic mass is 10.0. The van der Waals surface area contributed by atoms with Gasteiger partial charge in [-0.25, -0.2) is 0 Å². The van der Waals surface area contributed by atoms with Gasteiger partial charge in [0.2, 0.25) is 6.41 Å². The molecule has 0 amide bonds. The van der Waals surface area contributed by atoms with Crippen LogP contribution >= 0.6 is 0 Å². The molecule has 154 valence electrons. The summed E-state index contributed by atoms with van der Waals surface area (Å²) in [5, 5.41) is 40.0. The zero-order chi connectivity index (χ0) is 19.6. The second kappa shape index (κ2) is 11.9. The van der Waals surface area contributed by atoms with Crippen LogP contribution in [-0.2, 0) is 14.2 Å². The maximum absolute atomic E-state index is 9.89. The molecule has 1 aliphatic carbocycles. The van der Waals surface area contributed by atoms with Crippen LogP contribution < -0.4 is 5.32 Å². The average Bonchev–Trinajstić information content (AvgIpc) is 2.94. The molecule has 0 aromatic rings. The van der Waals surface area contributed by atoms with Crippen molar-refractivity contribution in [2.45, 2.75) is 77.5 Å². The van der Waals surface area contributed by atoms with Crippen LogP contribution in [0.4, 0.5) is 0 Å². The van der Waals surface area contributed by atoms with Gasteiger partial charge in [-0.15, -0.1) is 0 Å². The van der Waals surface area contributed by atoms with Gasteiger partial charge in [0.1, 0.15) is 0 Å². The summed E-state index contributed by atoms with van der Waals surface area (Å²) in [6, 6.07) is 0. The van der Waals surface area contributed by atoms with E-state index in [4.69, 9.17) is 24.4 Å². The summed E-state index contributed by atoms with van der Waals surface area (Å²) >= 11 is 0. The fraction of sp³-hybridized carbons (Fsp3) is 0.889. The molecule has 26 heavy (non-hydrogen) atoms. The molecule has 3 unspecified atom stereocenters. The molecule has 1 aliphatic rings. The van der Waals surface area contributed by atoms with E-state index in [0.29, 0.717) is 39.0 Å². The minimum Gasteiger partial charge on any atom is -0.470 e. The number of aliphatic hydroxyl groups is 4. The molecule has 5 N–H and O–H groups in total. The highest BCUT2D eigenvalue weighted by Crippen LogP contribution is 2.29. The monoisotopic (exact) mass is 377 g/mol. The van der Waals surface area contributed by atoms with Crippen LogP contribution in [0, 0.1) is 5.92 Å². The fourth-order valence-corrected chi connectivity index (χ4v) is 2.60. The predicted octanol–water partition coefficient (Wildman–Crippen LogP) is 0.793. The van der Waals surface area contributed by atoms with E-state index in [0.717, 1.165) is 18.6 Å². The molecule has 0 aliphatic heterocycles. The molecule has 8 nitrogen and oxygen atoms in total. The zero-order valence-electron chi connectivity index (χ0n) is 16.1. The Morgan fingerprint density at radius 2 is 1.88 bits per heavy atom. The van der Waals surface area contributed by atoms with Crippen molar-refractivity contribution in [1.29, 1.82) is 0 Å². The first-order chi connectivity index (χ1) is 12.2. The van der Waals surface area contributed by atoms with Crippen LogP contribution in [-0.4, -0.2) is 64.8 Å². The third-order valence-electron chi connectivity index (χ3n) is 3.81. The zero-order valence-corrected chi connectivity index (χ0v) is 16.1. The summed E-state index contributed by atoms with van der Waals surface area (Å²) in [6.45, 7) is 6.71. The normalized spacial score (nSPS) is 20.3. The van der Waals surface area contributed by atoms with Crippen molar-refractivity contribution in [1.82, 2.24) is 5.32 Å². The van der Waals surface area contributed by atoms with Gasteiger partial charge in [0, 0.05) is 19.4 Å². The van der Waals surface area contributed by atoms with E-state index in [1.165, 1.54) is 0 Å². The van der Waals surface area contributed by atoms with Crippen molar-refractivity contribution in [3.05, 3.63) is 11.8 Å². The van der Waals surface area contributed by atoms with Crippen molar-refractivity contribution in [3.8, 4) is 0 Å². The standard InChI is InChI=1S/C18H35NO7/c1-18(2,3)26-17(23)19-9-11-24-10-8-16(22)25-14-6-4-13(12-14)5-7-15(20)21/h12-13,15-17,19-23H,4-11H2,1-3H3. The largest absolute Gasteiger partial charge is 0.470 e. The lowest BCUT2D eigenvalue weighted by Crippen LogP contribution is -2.39. The minimum absolute atomic E-state index is 0.267. The van der Waals surface area contributed by atoms with E-state index in [1.54, 1.807) is 0 Å². The van der Waals surface area contributed by atoms with Gasteiger partial charge in [0.25, 0.3) is 0 Å². The third-order valence-corrected chi connectivity index (χ3v) is 3.81. The van der Waals surface area contributed by atoms with Crippen molar-refractivity contribution >= 4 is 0 Å². The molecule has 0 heterocycles. The number of hydrogen-bond acceptors (Lipinski definition) is 8. The Kier molecular flexibility index (Phi) is 10.6. The third kappa shape index (κ3) is 11.8.